The normalized spacial score (nSPS) is 18.8. The first-order valence-corrected chi connectivity index (χ1v) is 8.15. The number of sulfonamides is 1. The van der Waals surface area contributed by atoms with Crippen LogP contribution < -0.4 is 10.0 Å². The molecular weight excluding hydrogens is 264 g/mol. The van der Waals surface area contributed by atoms with Crippen molar-refractivity contribution >= 4 is 10.0 Å². The van der Waals surface area contributed by atoms with Gasteiger partial charge in [0.25, 0.3) is 0 Å². The second-order valence-electron chi connectivity index (χ2n) is 5.42. The molecule has 1 fully saturated rings. The first-order valence-electron chi connectivity index (χ1n) is 6.66. The largest absolute Gasteiger partial charge is 0.318 e. The number of hydrogen-bond acceptors (Lipinski definition) is 4. The van der Waals surface area contributed by atoms with Gasteiger partial charge in [-0.2, -0.15) is 5.10 Å². The van der Waals surface area contributed by atoms with Gasteiger partial charge >= 0.3 is 0 Å². The van der Waals surface area contributed by atoms with E-state index in [0.29, 0.717) is 6.54 Å². The van der Waals surface area contributed by atoms with Crippen molar-refractivity contribution in [2.24, 2.45) is 0 Å². The predicted octanol–water partition coefficient (Wildman–Crippen LogP) is 0.713. The van der Waals surface area contributed by atoms with Crippen LogP contribution in [0.3, 0.4) is 0 Å². The van der Waals surface area contributed by atoms with Crippen molar-refractivity contribution in [3.8, 4) is 0 Å². The van der Waals surface area contributed by atoms with Gasteiger partial charge in [0, 0.05) is 18.3 Å². The Bertz CT molecular complexity index is 518. The molecule has 1 aromatic heterocycles. The lowest BCUT2D eigenvalue weighted by molar-refractivity contribution is 0.427. The van der Waals surface area contributed by atoms with Crippen molar-refractivity contribution in [1.29, 1.82) is 0 Å². The summed E-state index contributed by atoms with van der Waals surface area (Å²) in [5.41, 5.74) is -0.300. The van der Waals surface area contributed by atoms with E-state index in [0.717, 1.165) is 32.2 Å². The molecule has 0 atom stereocenters. The van der Waals surface area contributed by atoms with Gasteiger partial charge in [0.2, 0.25) is 10.0 Å². The van der Waals surface area contributed by atoms with Crippen LogP contribution in [-0.2, 0) is 16.6 Å². The van der Waals surface area contributed by atoms with Gasteiger partial charge in [-0.05, 0) is 26.8 Å². The molecule has 0 unspecified atom stereocenters. The Morgan fingerprint density at radius 1 is 1.42 bits per heavy atom. The molecule has 1 aliphatic rings. The SMILES string of the molecule is CNCCn1cc(S(=O)(=O)NC2(C)CCCC2)cn1. The predicted molar refractivity (Wildman–Crippen MR) is 73.3 cm³/mol. The summed E-state index contributed by atoms with van der Waals surface area (Å²) in [6.07, 6.45) is 6.97. The zero-order valence-corrected chi connectivity index (χ0v) is 12.3. The molecular formula is C12H22N4O2S. The fraction of sp³-hybridized carbons (Fsp3) is 0.750. The van der Waals surface area contributed by atoms with E-state index >= 15 is 0 Å². The van der Waals surface area contributed by atoms with Gasteiger partial charge in [0.05, 0.1) is 12.7 Å². The van der Waals surface area contributed by atoms with Gasteiger partial charge in [0.1, 0.15) is 4.90 Å². The molecule has 1 aromatic rings. The van der Waals surface area contributed by atoms with E-state index in [1.54, 1.807) is 10.9 Å². The van der Waals surface area contributed by atoms with E-state index in [2.05, 4.69) is 15.1 Å². The highest BCUT2D eigenvalue weighted by Crippen LogP contribution is 2.30. The molecule has 0 bridgehead atoms. The molecule has 0 spiro atoms. The lowest BCUT2D eigenvalue weighted by Crippen LogP contribution is -2.43. The zero-order valence-electron chi connectivity index (χ0n) is 11.5. The highest BCUT2D eigenvalue weighted by molar-refractivity contribution is 7.89. The van der Waals surface area contributed by atoms with Crippen molar-refractivity contribution in [2.75, 3.05) is 13.6 Å². The third kappa shape index (κ3) is 3.55. The van der Waals surface area contributed by atoms with E-state index in [-0.39, 0.29) is 10.4 Å². The number of likely N-dealkylation sites (N-methyl/N-ethyl adjacent to an activating group) is 1. The van der Waals surface area contributed by atoms with Crippen molar-refractivity contribution in [3.63, 3.8) is 0 Å². The lowest BCUT2D eigenvalue weighted by atomic mass is 10.0. The third-order valence-electron chi connectivity index (χ3n) is 3.60. The monoisotopic (exact) mass is 286 g/mol. The summed E-state index contributed by atoms with van der Waals surface area (Å²) in [5.74, 6) is 0. The molecule has 0 amide bonds. The summed E-state index contributed by atoms with van der Waals surface area (Å²) in [6.45, 7) is 3.39. The molecule has 1 saturated carbocycles. The van der Waals surface area contributed by atoms with Crippen LogP contribution in [0, 0.1) is 0 Å². The van der Waals surface area contributed by atoms with E-state index in [4.69, 9.17) is 0 Å². The fourth-order valence-corrected chi connectivity index (χ4v) is 3.89. The van der Waals surface area contributed by atoms with Crippen LogP contribution in [0.5, 0.6) is 0 Å². The van der Waals surface area contributed by atoms with E-state index in [1.807, 2.05) is 14.0 Å². The van der Waals surface area contributed by atoms with Gasteiger partial charge in [-0.25, -0.2) is 13.1 Å². The molecule has 6 nitrogen and oxygen atoms in total. The standard InChI is InChI=1S/C12H22N4O2S/c1-12(5-3-4-6-12)15-19(17,18)11-9-14-16(10-11)8-7-13-2/h9-10,13,15H,3-8H2,1-2H3. The Hall–Kier alpha value is -0.920. The maximum atomic E-state index is 12.3. The van der Waals surface area contributed by atoms with Crippen LogP contribution >= 0.6 is 0 Å². The molecule has 1 heterocycles. The van der Waals surface area contributed by atoms with Crippen molar-refractivity contribution < 1.29 is 8.42 Å². The summed E-state index contributed by atoms with van der Waals surface area (Å²) < 4.78 is 29.1. The van der Waals surface area contributed by atoms with Gasteiger partial charge < -0.3 is 5.32 Å². The maximum Gasteiger partial charge on any atom is 0.244 e. The smallest absolute Gasteiger partial charge is 0.244 e. The van der Waals surface area contributed by atoms with E-state index < -0.39 is 10.0 Å². The molecule has 1 aliphatic carbocycles. The van der Waals surface area contributed by atoms with Crippen LogP contribution in [-0.4, -0.2) is 37.3 Å². The topological polar surface area (TPSA) is 76.0 Å². The van der Waals surface area contributed by atoms with Gasteiger partial charge in [0.15, 0.2) is 0 Å². The second-order valence-corrected chi connectivity index (χ2v) is 7.10. The lowest BCUT2D eigenvalue weighted by Gasteiger charge is -2.24. The average molecular weight is 286 g/mol. The molecule has 0 aromatic carbocycles. The minimum Gasteiger partial charge on any atom is -0.318 e. The molecule has 0 radical (unpaired) electrons. The highest BCUT2D eigenvalue weighted by Gasteiger charge is 2.33. The van der Waals surface area contributed by atoms with E-state index in [1.165, 1.54) is 6.20 Å². The molecule has 2 rings (SSSR count). The van der Waals surface area contributed by atoms with Crippen LogP contribution in [0.15, 0.2) is 17.3 Å². The number of aromatic nitrogens is 2. The quantitative estimate of drug-likeness (QED) is 0.807. The van der Waals surface area contributed by atoms with Crippen molar-refractivity contribution in [2.45, 2.75) is 49.6 Å². The molecule has 0 saturated heterocycles. The van der Waals surface area contributed by atoms with Gasteiger partial charge in [-0.3, -0.25) is 4.68 Å². The minimum atomic E-state index is -3.46. The molecule has 7 heteroatoms. The van der Waals surface area contributed by atoms with Crippen LogP contribution in [0.25, 0.3) is 0 Å². The van der Waals surface area contributed by atoms with Crippen molar-refractivity contribution in [1.82, 2.24) is 19.8 Å². The zero-order chi connectivity index (χ0) is 13.9. The molecule has 2 N–H and O–H groups in total. The molecule has 108 valence electrons. The Morgan fingerprint density at radius 3 is 2.74 bits per heavy atom. The second kappa shape index (κ2) is 5.60. The van der Waals surface area contributed by atoms with Crippen LogP contribution in [0.1, 0.15) is 32.6 Å². The number of rotatable bonds is 6. The number of nitrogens with zero attached hydrogens (tertiary/aromatic N) is 2. The Kier molecular flexibility index (Phi) is 4.27. The first-order chi connectivity index (χ1) is 8.95. The van der Waals surface area contributed by atoms with Crippen LogP contribution in [0.2, 0.25) is 0 Å². The van der Waals surface area contributed by atoms with Gasteiger partial charge in [-0.1, -0.05) is 12.8 Å². The van der Waals surface area contributed by atoms with Crippen LogP contribution in [0.4, 0.5) is 0 Å². The molecule has 0 aliphatic heterocycles. The van der Waals surface area contributed by atoms with Crippen molar-refractivity contribution in [3.05, 3.63) is 12.4 Å². The van der Waals surface area contributed by atoms with Gasteiger partial charge in [-0.15, -0.1) is 0 Å². The Labute approximate surface area is 114 Å². The minimum absolute atomic E-state index is 0.247. The van der Waals surface area contributed by atoms with E-state index in [9.17, 15) is 8.42 Å². The summed E-state index contributed by atoms with van der Waals surface area (Å²) in [6, 6.07) is 0. The fourth-order valence-electron chi connectivity index (χ4n) is 2.47. The number of hydrogen-bond donors (Lipinski definition) is 2. The first kappa shape index (κ1) is 14.5. The average Bonchev–Trinajstić information content (AvgIpc) is 2.95. The summed E-state index contributed by atoms with van der Waals surface area (Å²) in [7, 11) is -1.61. The number of nitrogens with one attached hydrogen (secondary N) is 2. The maximum absolute atomic E-state index is 12.3. The summed E-state index contributed by atoms with van der Waals surface area (Å²) in [4.78, 5) is 0.247. The highest BCUT2D eigenvalue weighted by atomic mass is 32.2. The Balaban J connectivity index is 2.08. The third-order valence-corrected chi connectivity index (χ3v) is 5.19. The Morgan fingerprint density at radius 2 is 2.11 bits per heavy atom. The summed E-state index contributed by atoms with van der Waals surface area (Å²) in [5, 5.41) is 7.08. The molecule has 19 heavy (non-hydrogen) atoms. The summed E-state index contributed by atoms with van der Waals surface area (Å²) >= 11 is 0.